The number of carbonyl (C=O) groups excluding carboxylic acids is 2. The van der Waals surface area contributed by atoms with Gasteiger partial charge in [0.2, 0.25) is 0 Å². The number of thioether (sulfide) groups is 1. The Kier molecular flexibility index (Phi) is 6.62. The average molecular weight is 478 g/mol. The molecule has 1 saturated heterocycles. The Balaban J connectivity index is 1.55. The second-order valence-electron chi connectivity index (χ2n) is 7.61. The van der Waals surface area contributed by atoms with Crippen molar-refractivity contribution in [3.05, 3.63) is 92.8 Å². The minimum Gasteiger partial charge on any atom is -0.507 e. The van der Waals surface area contributed by atoms with Crippen LogP contribution in [0.15, 0.2) is 75.8 Å². The van der Waals surface area contributed by atoms with E-state index in [1.54, 1.807) is 36.4 Å². The Bertz CT molecular complexity index is 1300. The highest BCUT2D eigenvalue weighted by molar-refractivity contribution is 8.18. The van der Waals surface area contributed by atoms with E-state index in [9.17, 15) is 14.7 Å². The van der Waals surface area contributed by atoms with Gasteiger partial charge in [0.25, 0.3) is 11.1 Å². The van der Waals surface area contributed by atoms with Gasteiger partial charge in [0.05, 0.1) is 22.8 Å². The van der Waals surface area contributed by atoms with Crippen LogP contribution in [0.4, 0.5) is 16.2 Å². The molecule has 4 rings (SSSR count). The molecule has 1 aliphatic rings. The molecule has 0 aromatic heterocycles. The van der Waals surface area contributed by atoms with Gasteiger partial charge in [-0.05, 0) is 90.8 Å². The molecule has 0 unspecified atom stereocenters. The van der Waals surface area contributed by atoms with Gasteiger partial charge in [0.1, 0.15) is 5.75 Å². The molecule has 1 aliphatic heterocycles. The van der Waals surface area contributed by atoms with Crippen LogP contribution in [0.5, 0.6) is 5.75 Å². The number of hydrogen-bond acceptors (Lipinski definition) is 6. The van der Waals surface area contributed by atoms with Crippen molar-refractivity contribution in [2.45, 2.75) is 20.4 Å². The minimum absolute atomic E-state index is 0.0235. The standard InChI is InChI=1S/C25H20ClN3O3S/c1-15-3-8-20(11-16(15)2)27-28-21-9-10-22(30)18(12-21)13-23-24(31)29(25(32)33-23)14-17-4-6-19(26)7-5-17/h3-13,30H,14H2,1-2H3/b23-13-,28-27?. The topological polar surface area (TPSA) is 82.3 Å². The zero-order valence-electron chi connectivity index (χ0n) is 17.9. The molecule has 33 heavy (non-hydrogen) atoms. The number of carbonyl (C=O) groups is 2. The number of halogens is 1. The van der Waals surface area contributed by atoms with E-state index in [1.807, 2.05) is 32.0 Å². The lowest BCUT2D eigenvalue weighted by atomic mass is 10.1. The molecule has 0 bridgehead atoms. The summed E-state index contributed by atoms with van der Waals surface area (Å²) in [5.74, 6) is -0.439. The molecule has 1 N–H and O–H groups in total. The van der Waals surface area contributed by atoms with Crippen LogP contribution in [0.2, 0.25) is 5.02 Å². The van der Waals surface area contributed by atoms with Crippen LogP contribution in [-0.2, 0) is 11.3 Å². The number of benzene rings is 3. The molecule has 0 atom stereocenters. The first-order valence-corrected chi connectivity index (χ1v) is 11.3. The molecule has 0 spiro atoms. The zero-order valence-corrected chi connectivity index (χ0v) is 19.5. The van der Waals surface area contributed by atoms with E-state index < -0.39 is 5.91 Å². The maximum absolute atomic E-state index is 12.8. The number of phenolic OH excluding ortho intramolecular Hbond substituents is 1. The quantitative estimate of drug-likeness (QED) is 0.308. The van der Waals surface area contributed by atoms with E-state index in [2.05, 4.69) is 10.2 Å². The van der Waals surface area contributed by atoms with Crippen LogP contribution in [0.1, 0.15) is 22.3 Å². The van der Waals surface area contributed by atoms with Crippen LogP contribution in [0.25, 0.3) is 6.08 Å². The monoisotopic (exact) mass is 477 g/mol. The van der Waals surface area contributed by atoms with Crippen LogP contribution in [-0.4, -0.2) is 21.2 Å². The normalized spacial score (nSPS) is 15.2. The van der Waals surface area contributed by atoms with E-state index in [-0.39, 0.29) is 22.4 Å². The Morgan fingerprint density at radius 2 is 1.61 bits per heavy atom. The van der Waals surface area contributed by atoms with E-state index in [0.29, 0.717) is 16.3 Å². The predicted molar refractivity (Wildman–Crippen MR) is 131 cm³/mol. The van der Waals surface area contributed by atoms with Crippen molar-refractivity contribution in [1.29, 1.82) is 0 Å². The van der Waals surface area contributed by atoms with E-state index >= 15 is 0 Å². The molecule has 6 nitrogen and oxygen atoms in total. The second-order valence-corrected chi connectivity index (χ2v) is 9.04. The Labute approximate surface area is 200 Å². The molecular weight excluding hydrogens is 458 g/mol. The third-order valence-electron chi connectivity index (χ3n) is 5.20. The molecule has 0 radical (unpaired) electrons. The molecule has 8 heteroatoms. The number of rotatable bonds is 5. The maximum Gasteiger partial charge on any atom is 0.293 e. The number of aromatic hydroxyl groups is 1. The average Bonchev–Trinajstić information content (AvgIpc) is 3.05. The lowest BCUT2D eigenvalue weighted by molar-refractivity contribution is -0.123. The van der Waals surface area contributed by atoms with Crippen LogP contribution in [0, 0.1) is 13.8 Å². The second kappa shape index (κ2) is 9.60. The fourth-order valence-corrected chi connectivity index (χ4v) is 4.13. The van der Waals surface area contributed by atoms with Crippen molar-refractivity contribution < 1.29 is 14.7 Å². The summed E-state index contributed by atoms with van der Waals surface area (Å²) < 4.78 is 0. The summed E-state index contributed by atoms with van der Waals surface area (Å²) in [6.07, 6.45) is 1.50. The van der Waals surface area contributed by atoms with Gasteiger partial charge in [0, 0.05) is 10.6 Å². The third-order valence-corrected chi connectivity index (χ3v) is 6.36. The van der Waals surface area contributed by atoms with Gasteiger partial charge in [-0.25, -0.2) is 0 Å². The number of imide groups is 1. The first-order valence-electron chi connectivity index (χ1n) is 10.1. The van der Waals surface area contributed by atoms with Crippen LogP contribution in [0.3, 0.4) is 0 Å². The fourth-order valence-electron chi connectivity index (χ4n) is 3.17. The minimum atomic E-state index is -0.415. The summed E-state index contributed by atoms with van der Waals surface area (Å²) in [6, 6.07) is 17.5. The molecule has 2 amide bonds. The first kappa shape index (κ1) is 22.8. The van der Waals surface area contributed by atoms with Gasteiger partial charge in [-0.3, -0.25) is 14.5 Å². The first-order chi connectivity index (χ1) is 15.8. The van der Waals surface area contributed by atoms with Crippen molar-refractivity contribution in [2.75, 3.05) is 0 Å². The highest BCUT2D eigenvalue weighted by atomic mass is 35.5. The number of azo groups is 1. The van der Waals surface area contributed by atoms with Gasteiger partial charge in [-0.1, -0.05) is 29.8 Å². The maximum atomic E-state index is 12.8. The van der Waals surface area contributed by atoms with Crippen molar-refractivity contribution in [3.63, 3.8) is 0 Å². The Morgan fingerprint density at radius 1 is 0.939 bits per heavy atom. The number of aryl methyl sites for hydroxylation is 2. The molecule has 0 aliphatic carbocycles. The fraction of sp³-hybridized carbons (Fsp3) is 0.120. The lowest BCUT2D eigenvalue weighted by Gasteiger charge is -2.12. The predicted octanol–water partition coefficient (Wildman–Crippen LogP) is 7.31. The van der Waals surface area contributed by atoms with E-state index in [1.165, 1.54) is 22.6 Å². The molecule has 0 saturated carbocycles. The van der Waals surface area contributed by atoms with E-state index in [0.717, 1.165) is 28.6 Å². The number of nitrogens with zero attached hydrogens (tertiary/aromatic N) is 3. The van der Waals surface area contributed by atoms with Gasteiger partial charge in [-0.2, -0.15) is 10.2 Å². The Morgan fingerprint density at radius 3 is 2.30 bits per heavy atom. The zero-order chi connectivity index (χ0) is 23.5. The molecule has 166 valence electrons. The van der Waals surface area contributed by atoms with Gasteiger partial charge < -0.3 is 5.11 Å². The number of amides is 2. The van der Waals surface area contributed by atoms with Crippen LogP contribution < -0.4 is 0 Å². The Hall–Kier alpha value is -3.42. The molecule has 1 heterocycles. The van der Waals surface area contributed by atoms with Crippen molar-refractivity contribution >= 4 is 52.0 Å². The van der Waals surface area contributed by atoms with Crippen molar-refractivity contribution in [2.24, 2.45) is 10.2 Å². The van der Waals surface area contributed by atoms with Gasteiger partial charge in [0.15, 0.2) is 0 Å². The summed E-state index contributed by atoms with van der Waals surface area (Å²) >= 11 is 6.73. The molecular formula is C25H20ClN3O3S. The lowest BCUT2D eigenvalue weighted by Crippen LogP contribution is -2.27. The molecule has 1 fully saturated rings. The largest absolute Gasteiger partial charge is 0.507 e. The van der Waals surface area contributed by atoms with Crippen LogP contribution >= 0.6 is 23.4 Å². The number of hydrogen-bond donors (Lipinski definition) is 1. The summed E-state index contributed by atoms with van der Waals surface area (Å²) in [5.41, 5.74) is 4.69. The van der Waals surface area contributed by atoms with E-state index in [4.69, 9.17) is 11.6 Å². The third kappa shape index (κ3) is 5.32. The molecule has 3 aromatic rings. The summed E-state index contributed by atoms with van der Waals surface area (Å²) in [5, 5.41) is 19.0. The van der Waals surface area contributed by atoms with Crippen molar-refractivity contribution in [1.82, 2.24) is 4.90 Å². The van der Waals surface area contributed by atoms with Gasteiger partial charge in [-0.15, -0.1) is 0 Å². The summed E-state index contributed by atoms with van der Waals surface area (Å²) in [6.45, 7) is 4.18. The summed E-state index contributed by atoms with van der Waals surface area (Å²) in [4.78, 5) is 26.6. The van der Waals surface area contributed by atoms with Gasteiger partial charge >= 0.3 is 0 Å². The smallest absolute Gasteiger partial charge is 0.293 e. The summed E-state index contributed by atoms with van der Waals surface area (Å²) in [7, 11) is 0. The van der Waals surface area contributed by atoms with Crippen molar-refractivity contribution in [3.8, 4) is 5.75 Å². The highest BCUT2D eigenvalue weighted by Gasteiger charge is 2.35. The highest BCUT2D eigenvalue weighted by Crippen LogP contribution is 2.36. The number of phenols is 1. The molecule has 3 aromatic carbocycles. The SMILES string of the molecule is Cc1ccc(N=Nc2ccc(O)c(/C=C3\SC(=O)N(Cc4ccc(Cl)cc4)C3=O)c2)cc1C.